The van der Waals surface area contributed by atoms with E-state index in [0.717, 1.165) is 19.4 Å². The van der Waals surface area contributed by atoms with Crippen molar-refractivity contribution in [3.8, 4) is 0 Å². The van der Waals surface area contributed by atoms with Gasteiger partial charge in [0.2, 0.25) is 0 Å². The highest BCUT2D eigenvalue weighted by Crippen LogP contribution is 2.25. The molecular formula is C10H20O2. The molecule has 0 bridgehead atoms. The first-order valence-corrected chi connectivity index (χ1v) is 4.89. The van der Waals surface area contributed by atoms with Crippen LogP contribution in [0.5, 0.6) is 0 Å². The number of aliphatic hydroxyl groups excluding tert-OH is 1. The van der Waals surface area contributed by atoms with E-state index in [1.165, 1.54) is 0 Å². The number of hydrogen-bond acceptors (Lipinski definition) is 2. The van der Waals surface area contributed by atoms with E-state index in [0.29, 0.717) is 17.9 Å². The topological polar surface area (TPSA) is 29.5 Å². The third kappa shape index (κ3) is 2.76. The van der Waals surface area contributed by atoms with Gasteiger partial charge in [-0.1, -0.05) is 13.8 Å². The van der Waals surface area contributed by atoms with Crippen molar-refractivity contribution in [1.29, 1.82) is 0 Å². The summed E-state index contributed by atoms with van der Waals surface area (Å²) in [5.41, 5.74) is 0. The van der Waals surface area contributed by atoms with Crippen LogP contribution < -0.4 is 0 Å². The fourth-order valence-corrected chi connectivity index (χ4v) is 1.79. The third-order valence-electron chi connectivity index (χ3n) is 2.49. The van der Waals surface area contributed by atoms with Gasteiger partial charge in [0, 0.05) is 5.92 Å². The van der Waals surface area contributed by atoms with Crippen molar-refractivity contribution in [3.05, 3.63) is 0 Å². The maximum Gasteiger partial charge on any atom is 0.0593 e. The van der Waals surface area contributed by atoms with Gasteiger partial charge in [-0.2, -0.15) is 0 Å². The summed E-state index contributed by atoms with van der Waals surface area (Å²) in [5, 5.41) is 9.76. The lowest BCUT2D eigenvalue weighted by molar-refractivity contribution is 0.0680. The molecule has 3 atom stereocenters. The molecule has 0 spiro atoms. The van der Waals surface area contributed by atoms with Crippen LogP contribution in [0.1, 0.15) is 33.6 Å². The lowest BCUT2D eigenvalue weighted by Gasteiger charge is -2.18. The van der Waals surface area contributed by atoms with Gasteiger partial charge in [-0.3, -0.25) is 0 Å². The molecule has 0 aromatic heterocycles. The molecule has 1 N–H and O–H groups in total. The number of rotatable bonds is 3. The molecule has 1 rings (SSSR count). The third-order valence-corrected chi connectivity index (χ3v) is 2.49. The molecule has 12 heavy (non-hydrogen) atoms. The van der Waals surface area contributed by atoms with E-state index in [2.05, 4.69) is 20.8 Å². The van der Waals surface area contributed by atoms with E-state index < -0.39 is 0 Å². The summed E-state index contributed by atoms with van der Waals surface area (Å²) in [6, 6.07) is 0. The zero-order chi connectivity index (χ0) is 9.14. The molecule has 3 unspecified atom stereocenters. The minimum Gasteiger partial charge on any atom is -0.393 e. The normalized spacial score (nSPS) is 32.8. The Morgan fingerprint density at radius 2 is 2.17 bits per heavy atom. The molecule has 2 heteroatoms. The van der Waals surface area contributed by atoms with E-state index in [9.17, 15) is 5.11 Å². The van der Waals surface area contributed by atoms with Gasteiger partial charge >= 0.3 is 0 Å². The molecule has 1 aliphatic rings. The predicted molar refractivity (Wildman–Crippen MR) is 49.0 cm³/mol. The first-order valence-electron chi connectivity index (χ1n) is 4.89. The Bertz CT molecular complexity index is 134. The van der Waals surface area contributed by atoms with Crippen LogP contribution in [0.15, 0.2) is 0 Å². The van der Waals surface area contributed by atoms with Crippen molar-refractivity contribution in [2.24, 2.45) is 11.8 Å². The Balaban J connectivity index is 2.28. The highest BCUT2D eigenvalue weighted by molar-refractivity contribution is 4.77. The Kier molecular flexibility index (Phi) is 3.53. The highest BCUT2D eigenvalue weighted by atomic mass is 16.5. The van der Waals surface area contributed by atoms with Crippen LogP contribution in [0.4, 0.5) is 0 Å². The second-order valence-electron chi connectivity index (χ2n) is 4.34. The molecule has 1 aliphatic heterocycles. The summed E-state index contributed by atoms with van der Waals surface area (Å²) in [7, 11) is 0. The van der Waals surface area contributed by atoms with Gasteiger partial charge in [0.05, 0.1) is 18.8 Å². The highest BCUT2D eigenvalue weighted by Gasteiger charge is 2.28. The summed E-state index contributed by atoms with van der Waals surface area (Å²) in [6.45, 7) is 7.10. The monoisotopic (exact) mass is 172 g/mol. The molecule has 0 saturated carbocycles. The lowest BCUT2D eigenvalue weighted by atomic mass is 9.93. The zero-order valence-corrected chi connectivity index (χ0v) is 8.29. The van der Waals surface area contributed by atoms with E-state index in [4.69, 9.17) is 4.74 Å². The van der Waals surface area contributed by atoms with Gasteiger partial charge in [-0.05, 0) is 25.7 Å². The summed E-state index contributed by atoms with van der Waals surface area (Å²) in [4.78, 5) is 0. The Hall–Kier alpha value is -0.0800. The average Bonchev–Trinajstić information content (AvgIpc) is 2.34. The van der Waals surface area contributed by atoms with E-state index in [-0.39, 0.29) is 6.10 Å². The molecule has 1 saturated heterocycles. The van der Waals surface area contributed by atoms with Crippen LogP contribution >= 0.6 is 0 Å². The van der Waals surface area contributed by atoms with Gasteiger partial charge in [0.1, 0.15) is 0 Å². The molecule has 0 aliphatic carbocycles. The van der Waals surface area contributed by atoms with Crippen LogP contribution in [0.25, 0.3) is 0 Å². The summed E-state index contributed by atoms with van der Waals surface area (Å²) < 4.78 is 5.41. The molecular weight excluding hydrogens is 152 g/mol. The predicted octanol–water partition coefficient (Wildman–Crippen LogP) is 1.82. The quantitative estimate of drug-likeness (QED) is 0.703. The van der Waals surface area contributed by atoms with Gasteiger partial charge < -0.3 is 9.84 Å². The van der Waals surface area contributed by atoms with Crippen molar-refractivity contribution in [2.75, 3.05) is 6.61 Å². The van der Waals surface area contributed by atoms with Crippen LogP contribution in [0, 0.1) is 11.8 Å². The Morgan fingerprint density at radius 1 is 1.50 bits per heavy atom. The fourth-order valence-electron chi connectivity index (χ4n) is 1.79. The summed E-state index contributed by atoms with van der Waals surface area (Å²) in [5.74, 6) is 0.957. The first-order chi connectivity index (χ1) is 5.59. The van der Waals surface area contributed by atoms with Crippen molar-refractivity contribution < 1.29 is 9.84 Å². The molecule has 0 aromatic carbocycles. The maximum absolute atomic E-state index is 9.76. The Labute approximate surface area is 74.9 Å². The first kappa shape index (κ1) is 10.0. The van der Waals surface area contributed by atoms with E-state index in [1.807, 2.05) is 0 Å². The van der Waals surface area contributed by atoms with Crippen molar-refractivity contribution in [1.82, 2.24) is 0 Å². The van der Waals surface area contributed by atoms with Gasteiger partial charge in [-0.15, -0.1) is 0 Å². The van der Waals surface area contributed by atoms with Gasteiger partial charge in [0.15, 0.2) is 0 Å². The number of aliphatic hydroxyl groups is 1. The van der Waals surface area contributed by atoms with Crippen LogP contribution in [-0.4, -0.2) is 23.9 Å². The van der Waals surface area contributed by atoms with Gasteiger partial charge in [-0.25, -0.2) is 0 Å². The van der Waals surface area contributed by atoms with Crippen molar-refractivity contribution in [2.45, 2.75) is 45.8 Å². The van der Waals surface area contributed by atoms with Crippen LogP contribution in [0.3, 0.4) is 0 Å². The second kappa shape index (κ2) is 4.24. The standard InChI is InChI=1S/C10H20O2/c1-7(2)4-10(11)9-5-8(3)12-6-9/h7-11H,4-6H2,1-3H3. The molecule has 0 amide bonds. The summed E-state index contributed by atoms with van der Waals surface area (Å²) in [6.07, 6.45) is 2.11. The molecule has 1 fully saturated rings. The number of ether oxygens (including phenoxy) is 1. The van der Waals surface area contributed by atoms with Crippen molar-refractivity contribution in [3.63, 3.8) is 0 Å². The van der Waals surface area contributed by atoms with Crippen LogP contribution in [0.2, 0.25) is 0 Å². The second-order valence-corrected chi connectivity index (χ2v) is 4.34. The molecule has 1 heterocycles. The minimum atomic E-state index is -0.157. The molecule has 0 radical (unpaired) electrons. The lowest BCUT2D eigenvalue weighted by Crippen LogP contribution is -2.22. The number of hydrogen-bond donors (Lipinski definition) is 1. The molecule has 0 aromatic rings. The largest absolute Gasteiger partial charge is 0.393 e. The van der Waals surface area contributed by atoms with E-state index >= 15 is 0 Å². The molecule has 72 valence electrons. The zero-order valence-electron chi connectivity index (χ0n) is 8.29. The van der Waals surface area contributed by atoms with Crippen molar-refractivity contribution >= 4 is 0 Å². The summed E-state index contributed by atoms with van der Waals surface area (Å²) >= 11 is 0. The SMILES string of the molecule is CC(C)CC(O)C1COC(C)C1. The maximum atomic E-state index is 9.76. The average molecular weight is 172 g/mol. The van der Waals surface area contributed by atoms with Crippen LogP contribution in [-0.2, 0) is 4.74 Å². The van der Waals surface area contributed by atoms with E-state index in [1.54, 1.807) is 0 Å². The minimum absolute atomic E-state index is 0.157. The van der Waals surface area contributed by atoms with Gasteiger partial charge in [0.25, 0.3) is 0 Å². The molecule has 2 nitrogen and oxygen atoms in total. The fraction of sp³-hybridized carbons (Fsp3) is 1.00. The Morgan fingerprint density at radius 3 is 2.58 bits per heavy atom. The smallest absolute Gasteiger partial charge is 0.0593 e.